The summed E-state index contributed by atoms with van der Waals surface area (Å²) in [5.74, 6) is 0.0938. The molecule has 0 atom stereocenters. The molecule has 3 heteroatoms. The highest BCUT2D eigenvalue weighted by atomic mass is 16.2. The van der Waals surface area contributed by atoms with Crippen LogP contribution in [0.3, 0.4) is 0 Å². The topological polar surface area (TPSA) is 46.3 Å². The highest BCUT2D eigenvalue weighted by molar-refractivity contribution is 5.76. The summed E-state index contributed by atoms with van der Waals surface area (Å²) in [5, 5.41) is 0. The lowest BCUT2D eigenvalue weighted by atomic mass is 10.2. The van der Waals surface area contributed by atoms with Gasteiger partial charge in [0.1, 0.15) is 0 Å². The van der Waals surface area contributed by atoms with Gasteiger partial charge in [0, 0.05) is 26.6 Å². The third-order valence-corrected chi connectivity index (χ3v) is 2.05. The first-order chi connectivity index (χ1) is 6.74. The van der Waals surface area contributed by atoms with Crippen LogP contribution in [0.25, 0.3) is 0 Å². The summed E-state index contributed by atoms with van der Waals surface area (Å²) in [6, 6.07) is 9.91. The summed E-state index contributed by atoms with van der Waals surface area (Å²) < 4.78 is 0. The zero-order chi connectivity index (χ0) is 10.4. The molecule has 0 aliphatic rings. The standard InChI is InChI=1S/C11H16N2O/c1-13(11(14)7-8-12)9-10-5-3-2-4-6-10/h2-6H,7-9,12H2,1H3. The van der Waals surface area contributed by atoms with E-state index in [0.717, 1.165) is 5.56 Å². The maximum absolute atomic E-state index is 11.4. The first-order valence-electron chi connectivity index (χ1n) is 4.72. The van der Waals surface area contributed by atoms with Gasteiger partial charge in [-0.25, -0.2) is 0 Å². The number of benzene rings is 1. The van der Waals surface area contributed by atoms with Crippen molar-refractivity contribution >= 4 is 5.91 Å². The smallest absolute Gasteiger partial charge is 0.223 e. The van der Waals surface area contributed by atoms with Crippen LogP contribution in [0, 0.1) is 0 Å². The monoisotopic (exact) mass is 192 g/mol. The summed E-state index contributed by atoms with van der Waals surface area (Å²) >= 11 is 0. The highest BCUT2D eigenvalue weighted by Gasteiger charge is 2.06. The van der Waals surface area contributed by atoms with Gasteiger partial charge >= 0.3 is 0 Å². The summed E-state index contributed by atoms with van der Waals surface area (Å²) in [6.07, 6.45) is 0.420. The van der Waals surface area contributed by atoms with Crippen molar-refractivity contribution < 1.29 is 4.79 Å². The van der Waals surface area contributed by atoms with Gasteiger partial charge in [0.15, 0.2) is 0 Å². The molecular formula is C11H16N2O. The van der Waals surface area contributed by atoms with Gasteiger partial charge in [0.25, 0.3) is 0 Å². The number of hydrogen-bond acceptors (Lipinski definition) is 2. The quantitative estimate of drug-likeness (QED) is 0.773. The van der Waals surface area contributed by atoms with Crippen LogP contribution >= 0.6 is 0 Å². The van der Waals surface area contributed by atoms with E-state index in [0.29, 0.717) is 19.5 Å². The first kappa shape index (κ1) is 10.7. The van der Waals surface area contributed by atoms with Crippen LogP contribution in [0.1, 0.15) is 12.0 Å². The van der Waals surface area contributed by atoms with Crippen LogP contribution < -0.4 is 5.73 Å². The minimum atomic E-state index is 0.0938. The summed E-state index contributed by atoms with van der Waals surface area (Å²) in [5.41, 5.74) is 6.45. The fraction of sp³-hybridized carbons (Fsp3) is 0.364. The number of nitrogens with zero attached hydrogens (tertiary/aromatic N) is 1. The van der Waals surface area contributed by atoms with E-state index in [2.05, 4.69) is 0 Å². The van der Waals surface area contributed by atoms with Gasteiger partial charge in [-0.2, -0.15) is 0 Å². The zero-order valence-electron chi connectivity index (χ0n) is 8.44. The van der Waals surface area contributed by atoms with Crippen molar-refractivity contribution in [2.45, 2.75) is 13.0 Å². The zero-order valence-corrected chi connectivity index (χ0v) is 8.44. The number of rotatable bonds is 4. The van der Waals surface area contributed by atoms with Crippen molar-refractivity contribution in [1.29, 1.82) is 0 Å². The Labute approximate surface area is 84.5 Å². The molecule has 3 nitrogen and oxygen atoms in total. The van der Waals surface area contributed by atoms with E-state index in [9.17, 15) is 4.79 Å². The van der Waals surface area contributed by atoms with Crippen molar-refractivity contribution in [2.24, 2.45) is 5.73 Å². The Kier molecular flexibility index (Phi) is 4.13. The normalized spacial score (nSPS) is 9.86. The molecule has 0 fully saturated rings. The average molecular weight is 192 g/mol. The largest absolute Gasteiger partial charge is 0.341 e. The van der Waals surface area contributed by atoms with E-state index in [1.807, 2.05) is 30.3 Å². The second-order valence-electron chi connectivity index (χ2n) is 3.27. The van der Waals surface area contributed by atoms with Crippen LogP contribution in [0.4, 0.5) is 0 Å². The van der Waals surface area contributed by atoms with E-state index < -0.39 is 0 Å². The average Bonchev–Trinajstić information content (AvgIpc) is 2.19. The summed E-state index contributed by atoms with van der Waals surface area (Å²) in [4.78, 5) is 13.1. The Balaban J connectivity index is 2.49. The minimum absolute atomic E-state index is 0.0938. The van der Waals surface area contributed by atoms with Gasteiger partial charge < -0.3 is 10.6 Å². The molecule has 14 heavy (non-hydrogen) atoms. The number of amides is 1. The van der Waals surface area contributed by atoms with E-state index in [-0.39, 0.29) is 5.91 Å². The molecule has 1 rings (SSSR count). The Hall–Kier alpha value is -1.35. The molecular weight excluding hydrogens is 176 g/mol. The number of nitrogens with two attached hydrogens (primary N) is 1. The van der Waals surface area contributed by atoms with Crippen LogP contribution in [-0.2, 0) is 11.3 Å². The van der Waals surface area contributed by atoms with Crippen molar-refractivity contribution in [3.63, 3.8) is 0 Å². The fourth-order valence-corrected chi connectivity index (χ4v) is 1.26. The fourth-order valence-electron chi connectivity index (χ4n) is 1.26. The van der Waals surface area contributed by atoms with Crippen molar-refractivity contribution in [3.05, 3.63) is 35.9 Å². The second-order valence-corrected chi connectivity index (χ2v) is 3.27. The molecule has 0 saturated heterocycles. The van der Waals surface area contributed by atoms with Crippen LogP contribution in [0.5, 0.6) is 0 Å². The number of carbonyl (C=O) groups is 1. The lowest BCUT2D eigenvalue weighted by Gasteiger charge is -2.16. The molecule has 0 radical (unpaired) electrons. The molecule has 1 aromatic carbocycles. The second kappa shape index (κ2) is 5.40. The minimum Gasteiger partial charge on any atom is -0.341 e. The summed E-state index contributed by atoms with van der Waals surface area (Å²) in [6.45, 7) is 1.07. The predicted molar refractivity (Wildman–Crippen MR) is 56.6 cm³/mol. The Morgan fingerprint density at radius 2 is 2.00 bits per heavy atom. The van der Waals surface area contributed by atoms with Gasteiger partial charge in [-0.1, -0.05) is 30.3 Å². The Morgan fingerprint density at radius 1 is 1.36 bits per heavy atom. The number of hydrogen-bond donors (Lipinski definition) is 1. The molecule has 0 aromatic heterocycles. The van der Waals surface area contributed by atoms with Crippen LogP contribution in [0.2, 0.25) is 0 Å². The SMILES string of the molecule is CN(Cc1ccccc1)C(=O)CCN. The van der Waals surface area contributed by atoms with Crippen molar-refractivity contribution in [1.82, 2.24) is 4.90 Å². The van der Waals surface area contributed by atoms with Gasteiger partial charge in [-0.15, -0.1) is 0 Å². The molecule has 0 heterocycles. The molecule has 0 aliphatic heterocycles. The van der Waals surface area contributed by atoms with E-state index in [4.69, 9.17) is 5.73 Å². The van der Waals surface area contributed by atoms with Crippen molar-refractivity contribution in [2.75, 3.05) is 13.6 Å². The van der Waals surface area contributed by atoms with Crippen LogP contribution in [0.15, 0.2) is 30.3 Å². The first-order valence-corrected chi connectivity index (χ1v) is 4.72. The third kappa shape index (κ3) is 3.18. The molecule has 0 unspecified atom stereocenters. The maximum Gasteiger partial charge on any atom is 0.223 e. The maximum atomic E-state index is 11.4. The van der Waals surface area contributed by atoms with Gasteiger partial charge in [0.2, 0.25) is 5.91 Å². The summed E-state index contributed by atoms with van der Waals surface area (Å²) in [7, 11) is 1.80. The predicted octanol–water partition coefficient (Wildman–Crippen LogP) is 0.994. The van der Waals surface area contributed by atoms with Crippen LogP contribution in [-0.4, -0.2) is 24.4 Å². The lowest BCUT2D eigenvalue weighted by Crippen LogP contribution is -2.27. The van der Waals surface area contributed by atoms with Gasteiger partial charge in [-0.05, 0) is 5.56 Å². The van der Waals surface area contributed by atoms with E-state index in [1.54, 1.807) is 11.9 Å². The van der Waals surface area contributed by atoms with Crippen molar-refractivity contribution in [3.8, 4) is 0 Å². The number of carbonyl (C=O) groups excluding carboxylic acids is 1. The molecule has 0 bridgehead atoms. The molecule has 1 amide bonds. The molecule has 2 N–H and O–H groups in total. The Morgan fingerprint density at radius 3 is 2.57 bits per heavy atom. The lowest BCUT2D eigenvalue weighted by molar-refractivity contribution is -0.130. The van der Waals surface area contributed by atoms with E-state index >= 15 is 0 Å². The van der Waals surface area contributed by atoms with Gasteiger partial charge in [0.05, 0.1) is 0 Å². The molecule has 1 aromatic rings. The molecule has 0 saturated carbocycles. The van der Waals surface area contributed by atoms with E-state index in [1.165, 1.54) is 0 Å². The van der Waals surface area contributed by atoms with Gasteiger partial charge in [-0.3, -0.25) is 4.79 Å². The highest BCUT2D eigenvalue weighted by Crippen LogP contribution is 2.03. The third-order valence-electron chi connectivity index (χ3n) is 2.05. The molecule has 76 valence electrons. The molecule has 0 aliphatic carbocycles. The molecule has 0 spiro atoms. The Bertz CT molecular complexity index is 285.